The number of hydrogen-bond acceptors (Lipinski definition) is 6. The maximum atomic E-state index is 12.3. The Kier molecular flexibility index (Phi) is 3.64. The van der Waals surface area contributed by atoms with Crippen molar-refractivity contribution in [1.29, 1.82) is 0 Å². The topological polar surface area (TPSA) is 70.8 Å². The Bertz CT molecular complexity index is 650. The third kappa shape index (κ3) is 2.64. The lowest BCUT2D eigenvalue weighted by Crippen LogP contribution is -2.42. The number of likely N-dealkylation sites (tertiary alicyclic amines) is 1. The number of thiocarbonyl (C=S) groups is 1. The molecule has 0 atom stereocenters. The predicted molar refractivity (Wildman–Crippen MR) is 79.7 cm³/mol. The summed E-state index contributed by atoms with van der Waals surface area (Å²) in [5, 5.41) is 0. The van der Waals surface area contributed by atoms with E-state index < -0.39 is 0 Å². The summed E-state index contributed by atoms with van der Waals surface area (Å²) < 4.78 is 5.48. The van der Waals surface area contributed by atoms with Gasteiger partial charge in [-0.05, 0) is 12.1 Å². The SMILES string of the molecule is O=C1CCC(=O)N1CN1C(=O)C(=Cc2ccco2)SC1=S. The first-order valence-electron chi connectivity index (χ1n) is 6.18. The summed E-state index contributed by atoms with van der Waals surface area (Å²) in [6.07, 6.45) is 3.48. The summed E-state index contributed by atoms with van der Waals surface area (Å²) in [5.41, 5.74) is 0. The first-order valence-corrected chi connectivity index (χ1v) is 7.41. The van der Waals surface area contributed by atoms with Gasteiger partial charge in [0.25, 0.3) is 5.91 Å². The van der Waals surface area contributed by atoms with Gasteiger partial charge < -0.3 is 4.42 Å². The summed E-state index contributed by atoms with van der Waals surface area (Å²) in [6.45, 7) is -0.113. The molecule has 0 bridgehead atoms. The van der Waals surface area contributed by atoms with E-state index in [4.69, 9.17) is 16.6 Å². The zero-order valence-corrected chi connectivity index (χ0v) is 12.4. The van der Waals surface area contributed by atoms with Crippen molar-refractivity contribution < 1.29 is 18.8 Å². The van der Waals surface area contributed by atoms with Crippen molar-refractivity contribution in [2.24, 2.45) is 0 Å². The summed E-state index contributed by atoms with van der Waals surface area (Å²) in [6, 6.07) is 3.44. The van der Waals surface area contributed by atoms with Gasteiger partial charge in [-0.3, -0.25) is 24.2 Å². The van der Waals surface area contributed by atoms with E-state index in [0.29, 0.717) is 15.0 Å². The molecule has 3 heterocycles. The van der Waals surface area contributed by atoms with Crippen LogP contribution in [-0.2, 0) is 14.4 Å². The summed E-state index contributed by atoms with van der Waals surface area (Å²) in [4.78, 5) is 38.3. The largest absolute Gasteiger partial charge is 0.465 e. The van der Waals surface area contributed by atoms with Crippen molar-refractivity contribution in [3.05, 3.63) is 29.1 Å². The molecule has 1 aromatic heterocycles. The van der Waals surface area contributed by atoms with Crippen molar-refractivity contribution >= 4 is 52.1 Å². The van der Waals surface area contributed by atoms with Crippen molar-refractivity contribution in [2.75, 3.05) is 6.67 Å². The van der Waals surface area contributed by atoms with E-state index in [9.17, 15) is 14.4 Å². The summed E-state index contributed by atoms with van der Waals surface area (Å²) >= 11 is 6.28. The van der Waals surface area contributed by atoms with Crippen LogP contribution in [0.25, 0.3) is 6.08 Å². The van der Waals surface area contributed by atoms with Gasteiger partial charge in [-0.1, -0.05) is 24.0 Å². The smallest absolute Gasteiger partial charge is 0.267 e. The maximum absolute atomic E-state index is 12.3. The van der Waals surface area contributed by atoms with Gasteiger partial charge >= 0.3 is 0 Å². The molecule has 2 aliphatic heterocycles. The zero-order chi connectivity index (χ0) is 15.0. The van der Waals surface area contributed by atoms with E-state index in [1.807, 2.05) is 0 Å². The molecule has 108 valence electrons. The molecule has 0 saturated carbocycles. The highest BCUT2D eigenvalue weighted by Crippen LogP contribution is 2.33. The first-order chi connectivity index (χ1) is 10.1. The van der Waals surface area contributed by atoms with E-state index in [1.165, 1.54) is 11.2 Å². The standard InChI is InChI=1S/C13H10N2O4S2/c16-10-3-4-11(17)14(10)7-15-12(18)9(21-13(15)20)6-8-2-1-5-19-8/h1-2,5-6H,3-4,7H2. The van der Waals surface area contributed by atoms with E-state index in [-0.39, 0.29) is 37.2 Å². The van der Waals surface area contributed by atoms with Crippen LogP contribution in [0, 0.1) is 0 Å². The molecule has 0 N–H and O–H groups in total. The van der Waals surface area contributed by atoms with Gasteiger partial charge in [0.2, 0.25) is 11.8 Å². The Morgan fingerprint density at radius 1 is 1.24 bits per heavy atom. The highest BCUT2D eigenvalue weighted by molar-refractivity contribution is 8.26. The molecule has 1 aromatic rings. The second-order valence-corrected chi connectivity index (χ2v) is 6.16. The fraction of sp³-hybridized carbons (Fsp3) is 0.231. The quantitative estimate of drug-likeness (QED) is 0.478. The molecule has 0 radical (unpaired) electrons. The molecule has 0 unspecified atom stereocenters. The van der Waals surface area contributed by atoms with Crippen LogP contribution in [0.2, 0.25) is 0 Å². The number of hydrogen-bond donors (Lipinski definition) is 0. The van der Waals surface area contributed by atoms with E-state index >= 15 is 0 Å². The van der Waals surface area contributed by atoms with Gasteiger partial charge in [-0.15, -0.1) is 0 Å². The van der Waals surface area contributed by atoms with Crippen LogP contribution in [-0.4, -0.2) is 38.5 Å². The van der Waals surface area contributed by atoms with Crippen LogP contribution in [0.3, 0.4) is 0 Å². The number of rotatable bonds is 3. The van der Waals surface area contributed by atoms with Crippen molar-refractivity contribution in [1.82, 2.24) is 9.80 Å². The molecule has 2 aliphatic rings. The molecule has 3 amide bonds. The molecule has 6 nitrogen and oxygen atoms in total. The lowest BCUT2D eigenvalue weighted by molar-refractivity contribution is -0.141. The van der Waals surface area contributed by atoms with Crippen LogP contribution in [0.5, 0.6) is 0 Å². The van der Waals surface area contributed by atoms with Crippen LogP contribution in [0.15, 0.2) is 27.7 Å². The predicted octanol–water partition coefficient (Wildman–Crippen LogP) is 1.59. The number of nitrogens with zero attached hydrogens (tertiary/aromatic N) is 2. The van der Waals surface area contributed by atoms with E-state index in [0.717, 1.165) is 16.7 Å². The molecule has 3 rings (SSSR count). The molecular weight excluding hydrogens is 312 g/mol. The number of carbonyl (C=O) groups is 3. The van der Waals surface area contributed by atoms with Gasteiger partial charge in [-0.25, -0.2) is 0 Å². The van der Waals surface area contributed by atoms with Crippen LogP contribution < -0.4 is 0 Å². The van der Waals surface area contributed by atoms with E-state index in [2.05, 4.69) is 0 Å². The molecule has 0 aliphatic carbocycles. The minimum Gasteiger partial charge on any atom is -0.465 e. The van der Waals surface area contributed by atoms with Gasteiger partial charge in [0.05, 0.1) is 11.2 Å². The van der Waals surface area contributed by atoms with E-state index in [1.54, 1.807) is 18.2 Å². The maximum Gasteiger partial charge on any atom is 0.267 e. The number of amides is 3. The summed E-state index contributed by atoms with van der Waals surface area (Å²) in [5.74, 6) is -0.328. The Hall–Kier alpha value is -1.93. The lowest BCUT2D eigenvalue weighted by Gasteiger charge is -2.21. The fourth-order valence-corrected chi connectivity index (χ4v) is 3.27. The van der Waals surface area contributed by atoms with Crippen molar-refractivity contribution in [3.63, 3.8) is 0 Å². The lowest BCUT2D eigenvalue weighted by atomic mass is 10.3. The first kappa shape index (κ1) is 14.0. The Morgan fingerprint density at radius 2 is 1.95 bits per heavy atom. The molecule has 0 aromatic carbocycles. The Labute approximate surface area is 129 Å². The normalized spacial score (nSPS) is 21.2. The average Bonchev–Trinajstić information content (AvgIpc) is 3.12. The van der Waals surface area contributed by atoms with Crippen LogP contribution in [0.4, 0.5) is 0 Å². The second-order valence-electron chi connectivity index (χ2n) is 4.48. The third-order valence-corrected chi connectivity index (χ3v) is 4.51. The van der Waals surface area contributed by atoms with Gasteiger partial charge in [0, 0.05) is 18.9 Å². The molecule has 2 fully saturated rings. The molecule has 0 spiro atoms. The van der Waals surface area contributed by atoms with Gasteiger partial charge in [-0.2, -0.15) is 0 Å². The van der Waals surface area contributed by atoms with Crippen LogP contribution >= 0.6 is 24.0 Å². The molecular formula is C13H10N2O4S2. The van der Waals surface area contributed by atoms with Gasteiger partial charge in [0.15, 0.2) is 0 Å². The highest BCUT2D eigenvalue weighted by Gasteiger charge is 2.37. The monoisotopic (exact) mass is 322 g/mol. The minimum atomic E-state index is -0.325. The summed E-state index contributed by atoms with van der Waals surface area (Å²) in [7, 11) is 0. The second kappa shape index (κ2) is 5.45. The fourth-order valence-electron chi connectivity index (χ4n) is 2.05. The average molecular weight is 322 g/mol. The zero-order valence-electron chi connectivity index (χ0n) is 10.8. The number of thioether (sulfide) groups is 1. The van der Waals surface area contributed by atoms with Gasteiger partial charge in [0.1, 0.15) is 16.7 Å². The minimum absolute atomic E-state index is 0.113. The Balaban J connectivity index is 1.78. The molecule has 2 saturated heterocycles. The van der Waals surface area contributed by atoms with Crippen molar-refractivity contribution in [2.45, 2.75) is 12.8 Å². The number of imide groups is 1. The van der Waals surface area contributed by atoms with Crippen LogP contribution in [0.1, 0.15) is 18.6 Å². The molecule has 8 heteroatoms. The number of furan rings is 1. The molecule has 21 heavy (non-hydrogen) atoms. The van der Waals surface area contributed by atoms with Crippen molar-refractivity contribution in [3.8, 4) is 0 Å². The highest BCUT2D eigenvalue weighted by atomic mass is 32.2. The number of carbonyl (C=O) groups excluding carboxylic acids is 3. The third-order valence-electron chi connectivity index (χ3n) is 3.13. The Morgan fingerprint density at radius 3 is 2.57 bits per heavy atom.